The molecule has 0 aliphatic carbocycles. The number of thiophene rings is 2. The Bertz CT molecular complexity index is 1160. The molecule has 0 fully saturated rings. The standard InChI is InChI=1S/C23H24N2O3S2/c1-24(2)22-19(15-9-7-13(27-5)11-17(15)29-22)21(26)20-16-10-8-14(28-6)12-18(16)30-23(20)25(3)4/h7-12H,1-6H3. The summed E-state index contributed by atoms with van der Waals surface area (Å²) in [5.74, 6) is 1.61. The Morgan fingerprint density at radius 2 is 1.13 bits per heavy atom. The van der Waals surface area contributed by atoms with Crippen molar-refractivity contribution in [3.63, 3.8) is 0 Å². The normalized spacial score (nSPS) is 11.1. The highest BCUT2D eigenvalue weighted by Gasteiger charge is 2.28. The Morgan fingerprint density at radius 3 is 1.47 bits per heavy atom. The van der Waals surface area contributed by atoms with Gasteiger partial charge in [0.15, 0.2) is 5.78 Å². The van der Waals surface area contributed by atoms with E-state index >= 15 is 0 Å². The third-order valence-corrected chi connectivity index (χ3v) is 7.66. The molecule has 156 valence electrons. The summed E-state index contributed by atoms with van der Waals surface area (Å²) >= 11 is 3.22. The Morgan fingerprint density at radius 1 is 0.733 bits per heavy atom. The van der Waals surface area contributed by atoms with Crippen LogP contribution < -0.4 is 19.3 Å². The predicted octanol–water partition coefficient (Wildman–Crippen LogP) is 5.50. The van der Waals surface area contributed by atoms with Crippen molar-refractivity contribution in [2.75, 3.05) is 52.2 Å². The molecule has 4 aromatic rings. The second kappa shape index (κ2) is 7.81. The highest BCUT2D eigenvalue weighted by atomic mass is 32.1. The fourth-order valence-electron chi connectivity index (χ4n) is 3.58. The molecule has 4 rings (SSSR count). The van der Waals surface area contributed by atoms with Crippen LogP contribution in [-0.4, -0.2) is 48.2 Å². The molecule has 0 radical (unpaired) electrons. The molecule has 0 bridgehead atoms. The molecule has 0 saturated carbocycles. The number of carbonyl (C=O) groups is 1. The number of anilines is 2. The van der Waals surface area contributed by atoms with Gasteiger partial charge in [0, 0.05) is 48.4 Å². The van der Waals surface area contributed by atoms with Crippen molar-refractivity contribution in [3.05, 3.63) is 47.5 Å². The van der Waals surface area contributed by atoms with Crippen LogP contribution in [-0.2, 0) is 0 Å². The van der Waals surface area contributed by atoms with Gasteiger partial charge in [-0.25, -0.2) is 0 Å². The van der Waals surface area contributed by atoms with Crippen LogP contribution in [0.3, 0.4) is 0 Å². The number of carbonyl (C=O) groups excluding carboxylic acids is 1. The van der Waals surface area contributed by atoms with Crippen LogP contribution in [0.2, 0.25) is 0 Å². The lowest BCUT2D eigenvalue weighted by Gasteiger charge is -2.15. The SMILES string of the molecule is COc1ccc2c(C(=O)c3c(N(C)C)sc4cc(OC)ccc34)c(N(C)C)sc2c1. The summed E-state index contributed by atoms with van der Waals surface area (Å²) in [4.78, 5) is 18.1. The number of hydrogen-bond acceptors (Lipinski definition) is 7. The highest BCUT2D eigenvalue weighted by molar-refractivity contribution is 7.24. The highest BCUT2D eigenvalue weighted by Crippen LogP contribution is 2.45. The van der Waals surface area contributed by atoms with Gasteiger partial charge < -0.3 is 19.3 Å². The van der Waals surface area contributed by atoms with Gasteiger partial charge in [-0.05, 0) is 36.4 Å². The molecule has 30 heavy (non-hydrogen) atoms. The van der Waals surface area contributed by atoms with Crippen LogP contribution >= 0.6 is 22.7 Å². The van der Waals surface area contributed by atoms with E-state index in [2.05, 4.69) is 0 Å². The summed E-state index contributed by atoms with van der Waals surface area (Å²) < 4.78 is 12.8. The lowest BCUT2D eigenvalue weighted by atomic mass is 9.99. The summed E-state index contributed by atoms with van der Waals surface area (Å²) in [5.41, 5.74) is 1.47. The predicted molar refractivity (Wildman–Crippen MR) is 129 cm³/mol. The lowest BCUT2D eigenvalue weighted by Crippen LogP contribution is -2.15. The van der Waals surface area contributed by atoms with Gasteiger partial charge in [0.1, 0.15) is 21.5 Å². The molecule has 5 nitrogen and oxygen atoms in total. The fraction of sp³-hybridized carbons (Fsp3) is 0.261. The number of benzene rings is 2. The first-order chi connectivity index (χ1) is 14.3. The average molecular weight is 441 g/mol. The summed E-state index contributed by atoms with van der Waals surface area (Å²) in [6.45, 7) is 0. The van der Waals surface area contributed by atoms with Gasteiger partial charge in [0.05, 0.1) is 25.3 Å². The first kappa shape index (κ1) is 20.5. The van der Waals surface area contributed by atoms with E-state index in [1.165, 1.54) is 0 Å². The molecule has 0 atom stereocenters. The molecular weight excluding hydrogens is 416 g/mol. The molecule has 0 aliphatic heterocycles. The fourth-order valence-corrected chi connectivity index (χ4v) is 5.88. The van der Waals surface area contributed by atoms with Crippen LogP contribution in [0, 0.1) is 0 Å². The van der Waals surface area contributed by atoms with E-state index in [0.717, 1.165) is 52.8 Å². The van der Waals surface area contributed by atoms with Gasteiger partial charge in [-0.15, -0.1) is 22.7 Å². The van der Waals surface area contributed by atoms with Crippen molar-refractivity contribution in [1.29, 1.82) is 0 Å². The average Bonchev–Trinajstić information content (AvgIpc) is 3.31. The first-order valence-corrected chi connectivity index (χ1v) is 11.1. The molecule has 0 saturated heterocycles. The zero-order valence-electron chi connectivity index (χ0n) is 17.9. The Kier molecular flexibility index (Phi) is 5.34. The second-order valence-corrected chi connectivity index (χ2v) is 9.47. The smallest absolute Gasteiger partial charge is 0.200 e. The quantitative estimate of drug-likeness (QED) is 0.371. The molecule has 0 N–H and O–H groups in total. The van der Waals surface area contributed by atoms with E-state index < -0.39 is 0 Å². The van der Waals surface area contributed by atoms with Gasteiger partial charge in [0.25, 0.3) is 0 Å². The summed E-state index contributed by atoms with van der Waals surface area (Å²) in [5, 5.41) is 3.79. The summed E-state index contributed by atoms with van der Waals surface area (Å²) in [7, 11) is 11.2. The van der Waals surface area contributed by atoms with Gasteiger partial charge >= 0.3 is 0 Å². The van der Waals surface area contributed by atoms with E-state index in [4.69, 9.17) is 9.47 Å². The topological polar surface area (TPSA) is 42.0 Å². The number of fused-ring (bicyclic) bond motifs is 2. The number of ether oxygens (including phenoxy) is 2. The van der Waals surface area contributed by atoms with Crippen LogP contribution in [0.25, 0.3) is 20.2 Å². The number of hydrogen-bond donors (Lipinski definition) is 0. The van der Waals surface area contributed by atoms with Crippen LogP contribution in [0.1, 0.15) is 15.9 Å². The first-order valence-electron chi connectivity index (χ1n) is 9.46. The third-order valence-electron chi connectivity index (χ3n) is 5.02. The van der Waals surface area contributed by atoms with E-state index in [0.29, 0.717) is 0 Å². The Balaban J connectivity index is 1.99. The zero-order chi connectivity index (χ0) is 21.6. The van der Waals surface area contributed by atoms with E-state index in [1.807, 2.05) is 74.4 Å². The van der Waals surface area contributed by atoms with E-state index in [9.17, 15) is 4.79 Å². The monoisotopic (exact) mass is 440 g/mol. The summed E-state index contributed by atoms with van der Waals surface area (Å²) in [6.07, 6.45) is 0. The minimum atomic E-state index is 0.0373. The second-order valence-electron chi connectivity index (χ2n) is 7.41. The maximum absolute atomic E-state index is 14.1. The maximum Gasteiger partial charge on any atom is 0.200 e. The lowest BCUT2D eigenvalue weighted by molar-refractivity contribution is 0.104. The zero-order valence-corrected chi connectivity index (χ0v) is 19.5. The van der Waals surface area contributed by atoms with Crippen molar-refractivity contribution in [1.82, 2.24) is 0 Å². The van der Waals surface area contributed by atoms with Crippen molar-refractivity contribution >= 4 is 58.6 Å². The van der Waals surface area contributed by atoms with Crippen LogP contribution in [0.5, 0.6) is 11.5 Å². The van der Waals surface area contributed by atoms with Gasteiger partial charge in [0.2, 0.25) is 0 Å². The number of rotatable bonds is 6. The van der Waals surface area contributed by atoms with Crippen molar-refractivity contribution in [3.8, 4) is 11.5 Å². The van der Waals surface area contributed by atoms with Crippen LogP contribution in [0.15, 0.2) is 36.4 Å². The van der Waals surface area contributed by atoms with Crippen molar-refractivity contribution in [2.24, 2.45) is 0 Å². The number of methoxy groups -OCH3 is 2. The summed E-state index contributed by atoms with van der Waals surface area (Å²) in [6, 6.07) is 11.8. The Labute approximate surface area is 184 Å². The van der Waals surface area contributed by atoms with Crippen LogP contribution in [0.4, 0.5) is 10.0 Å². The third kappa shape index (κ3) is 3.28. The number of nitrogens with zero attached hydrogens (tertiary/aromatic N) is 2. The van der Waals surface area contributed by atoms with Gasteiger partial charge in [-0.2, -0.15) is 0 Å². The Hall–Kier alpha value is -2.77. The van der Waals surface area contributed by atoms with Crippen molar-refractivity contribution < 1.29 is 14.3 Å². The molecule has 7 heteroatoms. The molecule has 0 aliphatic rings. The minimum absolute atomic E-state index is 0.0373. The van der Waals surface area contributed by atoms with E-state index in [1.54, 1.807) is 36.9 Å². The minimum Gasteiger partial charge on any atom is -0.497 e. The molecule has 2 heterocycles. The van der Waals surface area contributed by atoms with Gasteiger partial charge in [-0.3, -0.25) is 4.79 Å². The number of ketones is 1. The molecular formula is C23H24N2O3S2. The van der Waals surface area contributed by atoms with Crippen molar-refractivity contribution in [2.45, 2.75) is 0 Å². The largest absolute Gasteiger partial charge is 0.497 e. The van der Waals surface area contributed by atoms with Gasteiger partial charge in [-0.1, -0.05) is 0 Å². The molecule has 0 unspecified atom stereocenters. The maximum atomic E-state index is 14.1. The molecule has 2 aromatic carbocycles. The molecule has 2 aromatic heterocycles. The molecule has 0 spiro atoms. The van der Waals surface area contributed by atoms with E-state index in [-0.39, 0.29) is 5.78 Å². The molecule has 0 amide bonds.